The molecule has 1 fully saturated rings. The minimum atomic E-state index is -0.487. The zero-order chi connectivity index (χ0) is 10.6. The molecule has 1 N–H and O–H groups in total. The van der Waals surface area contributed by atoms with Crippen LogP contribution in [0.5, 0.6) is 0 Å². The molecule has 2 atom stereocenters. The van der Waals surface area contributed by atoms with Gasteiger partial charge in [0.2, 0.25) is 0 Å². The number of ether oxygens (including phenoxy) is 1. The van der Waals surface area contributed by atoms with Gasteiger partial charge in [0.1, 0.15) is 6.04 Å². The van der Waals surface area contributed by atoms with Gasteiger partial charge in [0, 0.05) is 5.75 Å². The molecule has 0 spiro atoms. The molecule has 5 heteroatoms. The van der Waals surface area contributed by atoms with Gasteiger partial charge in [0.15, 0.2) is 0 Å². The highest BCUT2D eigenvalue weighted by molar-refractivity contribution is 7.80. The Bertz CT molecular complexity index is 226. The molecule has 80 valence electrons. The van der Waals surface area contributed by atoms with E-state index >= 15 is 0 Å². The number of hydrogen-bond acceptors (Lipinski definition) is 5. The Morgan fingerprint density at radius 2 is 2.36 bits per heavy atom. The number of carbonyl (C=O) groups is 2. The lowest BCUT2D eigenvalue weighted by Crippen LogP contribution is -2.35. The number of rotatable bonds is 3. The molecular weight excluding hydrogens is 202 g/mol. The number of esters is 2. The van der Waals surface area contributed by atoms with Gasteiger partial charge in [-0.25, -0.2) is 4.79 Å². The first kappa shape index (κ1) is 11.5. The third kappa shape index (κ3) is 2.99. The maximum atomic E-state index is 11.3. The van der Waals surface area contributed by atoms with Crippen molar-refractivity contribution in [2.24, 2.45) is 5.92 Å². The summed E-state index contributed by atoms with van der Waals surface area (Å²) < 4.78 is 4.70. The van der Waals surface area contributed by atoms with Crippen molar-refractivity contribution in [1.82, 2.24) is 5.32 Å². The van der Waals surface area contributed by atoms with E-state index in [1.807, 2.05) is 0 Å². The second kappa shape index (κ2) is 5.36. The Hall–Kier alpha value is -0.550. The first-order chi connectivity index (χ1) is 6.65. The van der Waals surface area contributed by atoms with Crippen molar-refractivity contribution in [2.45, 2.75) is 25.8 Å². The SMILES string of the molecule is C[C@@H](CS)C(=O)OC(=O)[C@@H]1CCCN1. The van der Waals surface area contributed by atoms with Crippen molar-refractivity contribution < 1.29 is 14.3 Å². The lowest BCUT2D eigenvalue weighted by molar-refractivity contribution is -0.163. The van der Waals surface area contributed by atoms with Crippen LogP contribution in [0.2, 0.25) is 0 Å². The van der Waals surface area contributed by atoms with Crippen molar-refractivity contribution in [3.05, 3.63) is 0 Å². The summed E-state index contributed by atoms with van der Waals surface area (Å²) in [5.41, 5.74) is 0. The summed E-state index contributed by atoms with van der Waals surface area (Å²) in [5.74, 6) is -0.881. The van der Waals surface area contributed by atoms with Crippen LogP contribution in [0, 0.1) is 5.92 Å². The fourth-order valence-corrected chi connectivity index (χ4v) is 1.38. The molecule has 0 aromatic rings. The predicted molar refractivity (Wildman–Crippen MR) is 55.1 cm³/mol. The zero-order valence-electron chi connectivity index (χ0n) is 8.16. The van der Waals surface area contributed by atoms with Gasteiger partial charge in [-0.05, 0) is 19.4 Å². The average molecular weight is 217 g/mol. The molecule has 1 aliphatic heterocycles. The van der Waals surface area contributed by atoms with E-state index < -0.39 is 11.9 Å². The molecule has 0 radical (unpaired) electrons. The molecule has 1 heterocycles. The van der Waals surface area contributed by atoms with Crippen LogP contribution in [0.1, 0.15) is 19.8 Å². The summed E-state index contributed by atoms with van der Waals surface area (Å²) in [7, 11) is 0. The summed E-state index contributed by atoms with van der Waals surface area (Å²) in [6.45, 7) is 2.50. The molecule has 0 aromatic carbocycles. The zero-order valence-corrected chi connectivity index (χ0v) is 9.05. The van der Waals surface area contributed by atoms with Crippen LogP contribution >= 0.6 is 12.6 Å². The topological polar surface area (TPSA) is 55.4 Å². The Morgan fingerprint density at radius 1 is 1.64 bits per heavy atom. The molecule has 0 aliphatic carbocycles. The van der Waals surface area contributed by atoms with E-state index in [-0.39, 0.29) is 12.0 Å². The summed E-state index contributed by atoms with van der Waals surface area (Å²) in [6.07, 6.45) is 1.71. The Morgan fingerprint density at radius 3 is 2.86 bits per heavy atom. The van der Waals surface area contributed by atoms with Crippen LogP contribution in [0.25, 0.3) is 0 Å². The minimum absolute atomic E-state index is 0.300. The van der Waals surface area contributed by atoms with Gasteiger partial charge < -0.3 is 10.1 Å². The van der Waals surface area contributed by atoms with Crippen LogP contribution in [-0.4, -0.2) is 30.3 Å². The van der Waals surface area contributed by atoms with Gasteiger partial charge in [-0.15, -0.1) is 0 Å². The maximum absolute atomic E-state index is 11.3. The van der Waals surface area contributed by atoms with E-state index in [4.69, 9.17) is 4.74 Å². The largest absolute Gasteiger partial charge is 0.392 e. The van der Waals surface area contributed by atoms with E-state index in [9.17, 15) is 9.59 Å². The van der Waals surface area contributed by atoms with Crippen LogP contribution in [0.15, 0.2) is 0 Å². The van der Waals surface area contributed by atoms with Crippen molar-refractivity contribution in [1.29, 1.82) is 0 Å². The van der Waals surface area contributed by atoms with Crippen molar-refractivity contribution >= 4 is 24.6 Å². The number of carbonyl (C=O) groups excluding carboxylic acids is 2. The molecular formula is C9H15NO3S. The molecule has 1 rings (SSSR count). The molecule has 0 amide bonds. The number of hydrogen-bond donors (Lipinski definition) is 2. The molecule has 14 heavy (non-hydrogen) atoms. The average Bonchev–Trinajstić information content (AvgIpc) is 2.69. The van der Waals surface area contributed by atoms with E-state index in [1.54, 1.807) is 6.92 Å². The quantitative estimate of drug-likeness (QED) is 0.407. The molecule has 1 saturated heterocycles. The first-order valence-electron chi connectivity index (χ1n) is 4.75. The van der Waals surface area contributed by atoms with E-state index in [1.165, 1.54) is 0 Å². The highest BCUT2D eigenvalue weighted by atomic mass is 32.1. The third-order valence-electron chi connectivity index (χ3n) is 2.22. The van der Waals surface area contributed by atoms with Crippen molar-refractivity contribution in [3.8, 4) is 0 Å². The minimum Gasteiger partial charge on any atom is -0.392 e. The highest BCUT2D eigenvalue weighted by Gasteiger charge is 2.26. The second-order valence-corrected chi connectivity index (χ2v) is 3.84. The summed E-state index contributed by atoms with van der Waals surface area (Å²) in [5, 5.41) is 2.97. The van der Waals surface area contributed by atoms with Crippen LogP contribution in [0.4, 0.5) is 0 Å². The standard InChI is InChI=1S/C9H15NO3S/c1-6(5-14)8(11)13-9(12)7-3-2-4-10-7/h6-7,10,14H,2-5H2,1H3/t6-,7-/m0/s1. The van der Waals surface area contributed by atoms with Gasteiger partial charge >= 0.3 is 11.9 Å². The lowest BCUT2D eigenvalue weighted by Gasteiger charge is -2.11. The predicted octanol–water partition coefficient (Wildman–Crippen LogP) is 0.374. The molecule has 0 bridgehead atoms. The third-order valence-corrected chi connectivity index (χ3v) is 2.77. The monoisotopic (exact) mass is 217 g/mol. The van der Waals surface area contributed by atoms with E-state index in [0.29, 0.717) is 5.75 Å². The van der Waals surface area contributed by atoms with Crippen molar-refractivity contribution in [2.75, 3.05) is 12.3 Å². The van der Waals surface area contributed by atoms with Gasteiger partial charge in [-0.2, -0.15) is 12.6 Å². The number of thiol groups is 1. The van der Waals surface area contributed by atoms with Crippen LogP contribution in [0.3, 0.4) is 0 Å². The van der Waals surface area contributed by atoms with Gasteiger partial charge in [0.25, 0.3) is 0 Å². The Balaban J connectivity index is 2.35. The molecule has 0 aromatic heterocycles. The van der Waals surface area contributed by atoms with E-state index in [2.05, 4.69) is 17.9 Å². The maximum Gasteiger partial charge on any atom is 0.330 e. The summed E-state index contributed by atoms with van der Waals surface area (Å²) in [4.78, 5) is 22.6. The van der Waals surface area contributed by atoms with Gasteiger partial charge in [0.05, 0.1) is 5.92 Å². The molecule has 1 aliphatic rings. The Labute approximate surface area is 88.8 Å². The van der Waals surface area contributed by atoms with Crippen molar-refractivity contribution in [3.63, 3.8) is 0 Å². The highest BCUT2D eigenvalue weighted by Crippen LogP contribution is 2.08. The van der Waals surface area contributed by atoms with Gasteiger partial charge in [-0.1, -0.05) is 6.92 Å². The summed E-state index contributed by atoms with van der Waals surface area (Å²) in [6, 6.07) is -0.300. The Kier molecular flexibility index (Phi) is 4.41. The fourth-order valence-electron chi connectivity index (χ4n) is 1.23. The van der Waals surface area contributed by atoms with E-state index in [0.717, 1.165) is 19.4 Å². The molecule has 0 saturated carbocycles. The van der Waals surface area contributed by atoms with Gasteiger partial charge in [-0.3, -0.25) is 4.79 Å². The van der Waals surface area contributed by atoms with Crippen LogP contribution < -0.4 is 5.32 Å². The second-order valence-electron chi connectivity index (χ2n) is 3.47. The molecule has 0 unspecified atom stereocenters. The number of nitrogens with one attached hydrogen (secondary N) is 1. The lowest BCUT2D eigenvalue weighted by atomic mass is 10.2. The van der Waals surface area contributed by atoms with Crippen LogP contribution in [-0.2, 0) is 14.3 Å². The normalized spacial score (nSPS) is 23.1. The summed E-state index contributed by atoms with van der Waals surface area (Å²) >= 11 is 3.96. The first-order valence-corrected chi connectivity index (χ1v) is 5.38. The fraction of sp³-hybridized carbons (Fsp3) is 0.778. The molecule has 4 nitrogen and oxygen atoms in total. The smallest absolute Gasteiger partial charge is 0.330 e.